The maximum absolute atomic E-state index is 13.4. The predicted molar refractivity (Wildman–Crippen MR) is 71.1 cm³/mol. The van der Waals surface area contributed by atoms with Crippen LogP contribution < -0.4 is 5.32 Å². The molecular formula is C15H20FNO2. The summed E-state index contributed by atoms with van der Waals surface area (Å²) in [7, 11) is 0. The fourth-order valence-corrected chi connectivity index (χ4v) is 2.54. The second kappa shape index (κ2) is 6.66. The van der Waals surface area contributed by atoms with Crippen molar-refractivity contribution < 1.29 is 14.3 Å². The zero-order chi connectivity index (χ0) is 13.7. The number of rotatable bonds is 5. The number of benzene rings is 1. The lowest BCUT2D eigenvalue weighted by molar-refractivity contribution is -0.121. The first-order chi connectivity index (χ1) is 9.16. The first-order valence-electron chi connectivity index (χ1n) is 6.85. The number of nitrogens with one attached hydrogen (secondary N) is 1. The quantitative estimate of drug-likeness (QED) is 0.856. The van der Waals surface area contributed by atoms with Crippen LogP contribution in [-0.4, -0.2) is 23.7 Å². The van der Waals surface area contributed by atoms with Crippen molar-refractivity contribution in [2.75, 3.05) is 6.54 Å². The summed E-state index contributed by atoms with van der Waals surface area (Å²) >= 11 is 0. The molecule has 0 radical (unpaired) electrons. The van der Waals surface area contributed by atoms with Crippen molar-refractivity contribution in [3.05, 3.63) is 35.6 Å². The van der Waals surface area contributed by atoms with Crippen molar-refractivity contribution in [3.63, 3.8) is 0 Å². The molecule has 1 aliphatic carbocycles. The van der Waals surface area contributed by atoms with Gasteiger partial charge in [-0.05, 0) is 30.9 Å². The van der Waals surface area contributed by atoms with Crippen LogP contribution in [0.25, 0.3) is 0 Å². The van der Waals surface area contributed by atoms with Crippen molar-refractivity contribution in [2.24, 2.45) is 5.92 Å². The van der Waals surface area contributed by atoms with Gasteiger partial charge in [-0.3, -0.25) is 4.79 Å². The van der Waals surface area contributed by atoms with Crippen LogP contribution in [0.15, 0.2) is 24.3 Å². The second-order valence-corrected chi connectivity index (χ2v) is 5.15. The zero-order valence-corrected chi connectivity index (χ0v) is 10.9. The Hall–Kier alpha value is -1.42. The maximum atomic E-state index is 13.4. The summed E-state index contributed by atoms with van der Waals surface area (Å²) in [6, 6.07) is 6.51. The minimum atomic E-state index is -0.285. The molecule has 1 aliphatic rings. The summed E-state index contributed by atoms with van der Waals surface area (Å²) in [5.74, 6) is -0.165. The van der Waals surface area contributed by atoms with E-state index in [9.17, 15) is 14.3 Å². The Morgan fingerprint density at radius 3 is 2.84 bits per heavy atom. The van der Waals surface area contributed by atoms with Crippen LogP contribution in [0.5, 0.6) is 0 Å². The molecule has 2 rings (SSSR count). The Kier molecular flexibility index (Phi) is 4.91. The first-order valence-corrected chi connectivity index (χ1v) is 6.85. The molecule has 0 spiro atoms. The van der Waals surface area contributed by atoms with Crippen LogP contribution >= 0.6 is 0 Å². The van der Waals surface area contributed by atoms with E-state index in [1.165, 1.54) is 6.07 Å². The number of hydrogen-bond donors (Lipinski definition) is 2. The highest BCUT2D eigenvalue weighted by atomic mass is 19.1. The number of amides is 1. The van der Waals surface area contributed by atoms with E-state index in [-0.39, 0.29) is 30.2 Å². The Morgan fingerprint density at radius 1 is 1.37 bits per heavy atom. The molecule has 2 atom stereocenters. The summed E-state index contributed by atoms with van der Waals surface area (Å²) in [5.41, 5.74) is 0.568. The van der Waals surface area contributed by atoms with Gasteiger partial charge in [0.2, 0.25) is 5.91 Å². The molecule has 1 saturated carbocycles. The second-order valence-electron chi connectivity index (χ2n) is 5.15. The van der Waals surface area contributed by atoms with Crippen LogP contribution in [-0.2, 0) is 11.2 Å². The van der Waals surface area contributed by atoms with Gasteiger partial charge in [-0.15, -0.1) is 0 Å². The Balaban J connectivity index is 1.71. The average Bonchev–Trinajstić information content (AvgIpc) is 2.81. The Labute approximate surface area is 112 Å². The summed E-state index contributed by atoms with van der Waals surface area (Å²) in [4.78, 5) is 11.7. The number of halogens is 1. The highest BCUT2D eigenvalue weighted by Gasteiger charge is 2.25. The third-order valence-electron chi connectivity index (χ3n) is 3.76. The first kappa shape index (κ1) is 14.0. The van der Waals surface area contributed by atoms with Gasteiger partial charge in [0.15, 0.2) is 0 Å². The molecule has 104 valence electrons. The molecule has 0 saturated heterocycles. The largest absolute Gasteiger partial charge is 0.393 e. The molecular weight excluding hydrogens is 245 g/mol. The van der Waals surface area contributed by atoms with E-state index in [1.54, 1.807) is 18.2 Å². The van der Waals surface area contributed by atoms with E-state index in [1.807, 2.05) is 0 Å². The topological polar surface area (TPSA) is 49.3 Å². The van der Waals surface area contributed by atoms with Gasteiger partial charge in [-0.25, -0.2) is 4.39 Å². The van der Waals surface area contributed by atoms with Gasteiger partial charge < -0.3 is 10.4 Å². The SMILES string of the molecule is O=C(CCc1ccccc1F)NCC1CCCC1O. The summed E-state index contributed by atoms with van der Waals surface area (Å²) < 4.78 is 13.4. The third-order valence-corrected chi connectivity index (χ3v) is 3.76. The molecule has 0 bridgehead atoms. The van der Waals surface area contributed by atoms with Crippen LogP contribution in [0, 0.1) is 11.7 Å². The van der Waals surface area contributed by atoms with E-state index in [0.29, 0.717) is 18.5 Å². The van der Waals surface area contributed by atoms with Crippen LogP contribution in [0.1, 0.15) is 31.2 Å². The van der Waals surface area contributed by atoms with Gasteiger partial charge in [-0.2, -0.15) is 0 Å². The summed E-state index contributed by atoms with van der Waals surface area (Å²) in [6.45, 7) is 0.525. The third kappa shape index (κ3) is 4.03. The van der Waals surface area contributed by atoms with Gasteiger partial charge in [0, 0.05) is 18.9 Å². The number of hydrogen-bond acceptors (Lipinski definition) is 2. The molecule has 0 heterocycles. The smallest absolute Gasteiger partial charge is 0.220 e. The van der Waals surface area contributed by atoms with Gasteiger partial charge in [0.1, 0.15) is 5.82 Å². The minimum absolute atomic E-state index is 0.0812. The van der Waals surface area contributed by atoms with Crippen molar-refractivity contribution in [1.29, 1.82) is 0 Å². The Bertz CT molecular complexity index is 436. The fraction of sp³-hybridized carbons (Fsp3) is 0.533. The number of carbonyl (C=O) groups excluding carboxylic acids is 1. The monoisotopic (exact) mass is 265 g/mol. The van der Waals surface area contributed by atoms with E-state index >= 15 is 0 Å². The molecule has 2 N–H and O–H groups in total. The van der Waals surface area contributed by atoms with Crippen molar-refractivity contribution in [2.45, 2.75) is 38.2 Å². The van der Waals surface area contributed by atoms with Crippen molar-refractivity contribution >= 4 is 5.91 Å². The van der Waals surface area contributed by atoms with Gasteiger partial charge in [-0.1, -0.05) is 24.6 Å². The molecule has 1 aromatic carbocycles. The molecule has 0 aromatic heterocycles. The predicted octanol–water partition coefficient (Wildman–Crippen LogP) is 2.04. The number of aryl methyl sites for hydroxylation is 1. The summed E-state index contributed by atoms with van der Waals surface area (Å²) in [6.07, 6.45) is 3.23. The lowest BCUT2D eigenvalue weighted by atomic mass is 10.1. The van der Waals surface area contributed by atoms with E-state index in [2.05, 4.69) is 5.32 Å². The molecule has 1 fully saturated rings. The fourth-order valence-electron chi connectivity index (χ4n) is 2.54. The molecule has 19 heavy (non-hydrogen) atoms. The van der Waals surface area contributed by atoms with Crippen LogP contribution in [0.2, 0.25) is 0 Å². The van der Waals surface area contributed by atoms with E-state index in [0.717, 1.165) is 19.3 Å². The van der Waals surface area contributed by atoms with Gasteiger partial charge in [0.25, 0.3) is 0 Å². The van der Waals surface area contributed by atoms with Crippen LogP contribution in [0.3, 0.4) is 0 Å². The molecule has 3 nitrogen and oxygen atoms in total. The zero-order valence-electron chi connectivity index (χ0n) is 10.9. The number of aliphatic hydroxyl groups excluding tert-OH is 1. The number of aliphatic hydroxyl groups is 1. The maximum Gasteiger partial charge on any atom is 0.220 e. The molecule has 0 aliphatic heterocycles. The molecule has 1 aromatic rings. The van der Waals surface area contributed by atoms with Crippen molar-refractivity contribution in [3.8, 4) is 0 Å². The summed E-state index contributed by atoms with van der Waals surface area (Å²) in [5, 5.41) is 12.5. The number of carbonyl (C=O) groups is 1. The highest BCUT2D eigenvalue weighted by molar-refractivity contribution is 5.76. The molecule has 1 amide bonds. The lowest BCUT2D eigenvalue weighted by Crippen LogP contribution is -2.32. The van der Waals surface area contributed by atoms with Gasteiger partial charge >= 0.3 is 0 Å². The van der Waals surface area contributed by atoms with Crippen molar-refractivity contribution in [1.82, 2.24) is 5.32 Å². The highest BCUT2D eigenvalue weighted by Crippen LogP contribution is 2.24. The lowest BCUT2D eigenvalue weighted by Gasteiger charge is -2.15. The van der Waals surface area contributed by atoms with E-state index < -0.39 is 0 Å². The average molecular weight is 265 g/mol. The van der Waals surface area contributed by atoms with Gasteiger partial charge in [0.05, 0.1) is 6.10 Å². The Morgan fingerprint density at radius 2 is 2.16 bits per heavy atom. The standard InChI is InChI=1S/C15H20FNO2/c16-13-6-2-1-4-11(13)8-9-15(19)17-10-12-5-3-7-14(12)18/h1-2,4,6,12,14,18H,3,5,7-10H2,(H,17,19). The molecule has 2 unspecified atom stereocenters. The van der Waals surface area contributed by atoms with E-state index in [4.69, 9.17) is 0 Å². The normalized spacial score (nSPS) is 22.4. The minimum Gasteiger partial charge on any atom is -0.393 e. The van der Waals surface area contributed by atoms with Crippen LogP contribution in [0.4, 0.5) is 4.39 Å². The molecule has 4 heteroatoms.